The van der Waals surface area contributed by atoms with E-state index < -0.39 is 5.82 Å². The highest BCUT2D eigenvalue weighted by atomic mass is 19.1. The first-order chi connectivity index (χ1) is 13.9. The predicted octanol–water partition coefficient (Wildman–Crippen LogP) is -0.143. The lowest BCUT2D eigenvalue weighted by Crippen LogP contribution is -3.11. The number of carbonyl (C=O) groups excluding carboxylic acids is 3. The Hall–Kier alpha value is -3.20. The number of halogens is 1. The number of nitrogens with one attached hydrogen (secondary N) is 2. The van der Waals surface area contributed by atoms with Crippen LogP contribution in [0.4, 0.5) is 10.1 Å². The molecule has 1 atom stereocenters. The van der Waals surface area contributed by atoms with Crippen LogP contribution >= 0.6 is 0 Å². The van der Waals surface area contributed by atoms with Crippen molar-refractivity contribution in [2.24, 2.45) is 0 Å². The molecule has 3 amide bonds. The minimum atomic E-state index is -0.427. The highest BCUT2D eigenvalue weighted by Gasteiger charge is 2.27. The Bertz CT molecular complexity index is 863. The molecule has 3 rings (SSSR count). The fourth-order valence-electron chi connectivity index (χ4n) is 3.19. The first-order valence-corrected chi connectivity index (χ1v) is 9.39. The van der Waals surface area contributed by atoms with Crippen LogP contribution in [0.25, 0.3) is 0 Å². The average Bonchev–Trinajstić information content (AvgIpc) is 3.22. The number of quaternary nitrogens is 1. The molecule has 0 bridgehead atoms. The molecular weight excluding hydrogens is 379 g/mol. The molecule has 1 aromatic heterocycles. The number of likely N-dealkylation sites (N-methyl/N-ethyl adjacent to an activating group) is 1. The molecule has 154 valence electrons. The van der Waals surface area contributed by atoms with Gasteiger partial charge in [-0.2, -0.15) is 0 Å². The van der Waals surface area contributed by atoms with Crippen molar-refractivity contribution in [1.82, 2.24) is 9.80 Å². The van der Waals surface area contributed by atoms with Gasteiger partial charge in [0.15, 0.2) is 18.8 Å². The molecule has 1 aliphatic heterocycles. The van der Waals surface area contributed by atoms with E-state index in [1.165, 1.54) is 24.5 Å². The smallest absolute Gasteiger partial charge is 0.289 e. The Morgan fingerprint density at radius 3 is 2.45 bits per heavy atom. The number of furan rings is 1. The van der Waals surface area contributed by atoms with E-state index in [4.69, 9.17) is 4.42 Å². The van der Waals surface area contributed by atoms with E-state index >= 15 is 0 Å². The fourth-order valence-corrected chi connectivity index (χ4v) is 3.19. The van der Waals surface area contributed by atoms with E-state index in [9.17, 15) is 18.8 Å². The maximum Gasteiger partial charge on any atom is 0.289 e. The number of anilines is 1. The van der Waals surface area contributed by atoms with Gasteiger partial charge in [-0.3, -0.25) is 14.4 Å². The molecular formula is C20H24FN4O4+. The standard InChI is InChI=1S/C20H23FN4O4/c1-23(13-18(26)22-16-5-2-4-15(21)12-16)14-19(27)24-7-9-25(10-8-24)20(28)17-6-3-11-29-17/h2-6,11-12H,7-10,13-14H2,1H3,(H,22,26)/p+1. The number of amides is 3. The van der Waals surface area contributed by atoms with Crippen molar-refractivity contribution in [3.8, 4) is 0 Å². The zero-order valence-corrected chi connectivity index (χ0v) is 16.2. The van der Waals surface area contributed by atoms with Gasteiger partial charge >= 0.3 is 0 Å². The van der Waals surface area contributed by atoms with Crippen molar-refractivity contribution in [2.45, 2.75) is 0 Å². The van der Waals surface area contributed by atoms with Crippen molar-refractivity contribution >= 4 is 23.4 Å². The molecule has 2 heterocycles. The van der Waals surface area contributed by atoms with Crippen LogP contribution in [0.15, 0.2) is 47.1 Å². The van der Waals surface area contributed by atoms with Gasteiger partial charge in [0.05, 0.1) is 13.3 Å². The summed E-state index contributed by atoms with van der Waals surface area (Å²) in [6.07, 6.45) is 1.45. The van der Waals surface area contributed by atoms with Gasteiger partial charge in [0, 0.05) is 31.9 Å². The van der Waals surface area contributed by atoms with Gasteiger partial charge in [0.2, 0.25) is 0 Å². The summed E-state index contributed by atoms with van der Waals surface area (Å²) >= 11 is 0. The van der Waals surface area contributed by atoms with Gasteiger partial charge in [-0.25, -0.2) is 4.39 Å². The van der Waals surface area contributed by atoms with Crippen LogP contribution in [0.1, 0.15) is 10.6 Å². The van der Waals surface area contributed by atoms with E-state index in [1.807, 2.05) is 0 Å². The first kappa shape index (κ1) is 20.5. The summed E-state index contributed by atoms with van der Waals surface area (Å²) in [4.78, 5) is 40.9. The number of hydrogen-bond donors (Lipinski definition) is 2. The Kier molecular flexibility index (Phi) is 6.61. The Morgan fingerprint density at radius 2 is 1.79 bits per heavy atom. The van der Waals surface area contributed by atoms with Gasteiger partial charge < -0.3 is 24.4 Å². The topological polar surface area (TPSA) is 87.3 Å². The lowest BCUT2D eigenvalue weighted by Gasteiger charge is -2.34. The molecule has 1 aromatic carbocycles. The average molecular weight is 403 g/mol. The Balaban J connectivity index is 1.42. The molecule has 1 saturated heterocycles. The molecule has 0 radical (unpaired) electrons. The summed E-state index contributed by atoms with van der Waals surface area (Å²) in [5, 5.41) is 2.62. The van der Waals surface area contributed by atoms with Crippen molar-refractivity contribution in [2.75, 3.05) is 51.6 Å². The number of nitrogens with zero attached hydrogens (tertiary/aromatic N) is 2. The van der Waals surface area contributed by atoms with Gasteiger partial charge in [-0.05, 0) is 30.3 Å². The monoisotopic (exact) mass is 403 g/mol. The summed E-state index contributed by atoms with van der Waals surface area (Å²) in [5.74, 6) is -0.693. The van der Waals surface area contributed by atoms with Gasteiger partial charge in [0.1, 0.15) is 5.82 Å². The van der Waals surface area contributed by atoms with Crippen LogP contribution in [-0.2, 0) is 9.59 Å². The summed E-state index contributed by atoms with van der Waals surface area (Å²) in [5.41, 5.74) is 0.381. The Morgan fingerprint density at radius 1 is 1.07 bits per heavy atom. The largest absolute Gasteiger partial charge is 0.459 e. The summed E-state index contributed by atoms with van der Waals surface area (Å²) in [6.45, 7) is 1.98. The van der Waals surface area contributed by atoms with Gasteiger partial charge in [-0.15, -0.1) is 0 Å². The van der Waals surface area contributed by atoms with Gasteiger partial charge in [-0.1, -0.05) is 6.07 Å². The minimum absolute atomic E-state index is 0.0776. The molecule has 2 aromatic rings. The summed E-state index contributed by atoms with van der Waals surface area (Å²) in [6, 6.07) is 8.94. The molecule has 2 N–H and O–H groups in total. The lowest BCUT2D eigenvalue weighted by atomic mass is 10.2. The highest BCUT2D eigenvalue weighted by molar-refractivity contribution is 5.92. The SMILES string of the molecule is C[NH+](CC(=O)Nc1cccc(F)c1)CC(=O)N1CCN(C(=O)c2ccco2)CC1. The summed E-state index contributed by atoms with van der Waals surface area (Å²) in [7, 11) is 1.75. The van der Waals surface area contributed by atoms with Crippen molar-refractivity contribution in [1.29, 1.82) is 0 Å². The van der Waals surface area contributed by atoms with Crippen LogP contribution in [0.3, 0.4) is 0 Å². The van der Waals surface area contributed by atoms with Crippen LogP contribution in [0, 0.1) is 5.82 Å². The number of carbonyl (C=O) groups is 3. The van der Waals surface area contributed by atoms with Crippen molar-refractivity contribution in [3.05, 3.63) is 54.2 Å². The number of piperazine rings is 1. The lowest BCUT2D eigenvalue weighted by molar-refractivity contribution is -0.862. The molecule has 1 fully saturated rings. The zero-order chi connectivity index (χ0) is 20.8. The Labute approximate surface area is 167 Å². The second-order valence-corrected chi connectivity index (χ2v) is 7.02. The molecule has 8 nitrogen and oxygen atoms in total. The maximum absolute atomic E-state index is 13.2. The molecule has 1 unspecified atom stereocenters. The zero-order valence-electron chi connectivity index (χ0n) is 16.2. The molecule has 0 spiro atoms. The summed E-state index contributed by atoms with van der Waals surface area (Å²) < 4.78 is 18.3. The fraction of sp³-hybridized carbons (Fsp3) is 0.350. The number of benzene rings is 1. The third kappa shape index (κ3) is 5.64. The van der Waals surface area contributed by atoms with Crippen LogP contribution in [0.2, 0.25) is 0 Å². The van der Waals surface area contributed by atoms with Crippen molar-refractivity contribution in [3.63, 3.8) is 0 Å². The van der Waals surface area contributed by atoms with E-state index in [2.05, 4.69) is 5.32 Å². The highest BCUT2D eigenvalue weighted by Crippen LogP contribution is 2.10. The number of rotatable bonds is 6. The minimum Gasteiger partial charge on any atom is -0.459 e. The van der Waals surface area contributed by atoms with E-state index in [-0.39, 0.29) is 30.8 Å². The van der Waals surface area contributed by atoms with Gasteiger partial charge in [0.25, 0.3) is 17.7 Å². The molecule has 1 aliphatic rings. The second kappa shape index (κ2) is 9.33. The van der Waals surface area contributed by atoms with Crippen LogP contribution < -0.4 is 10.2 Å². The number of hydrogen-bond acceptors (Lipinski definition) is 4. The van der Waals surface area contributed by atoms with E-state index in [0.29, 0.717) is 37.6 Å². The predicted molar refractivity (Wildman–Crippen MR) is 103 cm³/mol. The van der Waals surface area contributed by atoms with E-state index in [0.717, 1.165) is 4.90 Å². The van der Waals surface area contributed by atoms with Crippen LogP contribution in [0.5, 0.6) is 0 Å². The molecule has 29 heavy (non-hydrogen) atoms. The quantitative estimate of drug-likeness (QED) is 0.703. The van der Waals surface area contributed by atoms with Crippen molar-refractivity contribution < 1.29 is 28.1 Å². The molecule has 0 aliphatic carbocycles. The maximum atomic E-state index is 13.2. The third-order valence-electron chi connectivity index (χ3n) is 4.68. The second-order valence-electron chi connectivity index (χ2n) is 7.02. The normalized spacial score (nSPS) is 15.1. The third-order valence-corrected chi connectivity index (χ3v) is 4.68. The first-order valence-electron chi connectivity index (χ1n) is 9.39. The molecule has 0 saturated carbocycles. The molecule has 9 heteroatoms. The van der Waals surface area contributed by atoms with Crippen LogP contribution in [-0.4, -0.2) is 73.8 Å². The van der Waals surface area contributed by atoms with E-state index in [1.54, 1.807) is 35.0 Å².